The van der Waals surface area contributed by atoms with Crippen molar-refractivity contribution in [3.63, 3.8) is 0 Å². The second-order valence-electron chi connectivity index (χ2n) is 4.39. The largest absolute Gasteiger partial charge is 0.386 e. The van der Waals surface area contributed by atoms with Crippen LogP contribution in [0.1, 0.15) is 28.8 Å². The molecular formula is C15H16BrNO. The normalized spacial score (nSPS) is 14.2. The highest BCUT2D eigenvalue weighted by atomic mass is 79.9. The van der Waals surface area contributed by atoms with Crippen LogP contribution in [-0.4, -0.2) is 5.11 Å². The van der Waals surface area contributed by atoms with Gasteiger partial charge in [0.05, 0.1) is 12.1 Å². The van der Waals surface area contributed by atoms with Crippen molar-refractivity contribution in [1.82, 2.24) is 0 Å². The fourth-order valence-corrected chi connectivity index (χ4v) is 2.25. The molecule has 2 atom stereocenters. The van der Waals surface area contributed by atoms with Crippen LogP contribution in [0.5, 0.6) is 0 Å². The summed E-state index contributed by atoms with van der Waals surface area (Å²) in [5, 5.41) is 10.3. The molecule has 2 nitrogen and oxygen atoms in total. The Labute approximate surface area is 116 Å². The van der Waals surface area contributed by atoms with Gasteiger partial charge in [0.2, 0.25) is 0 Å². The molecule has 2 unspecified atom stereocenters. The van der Waals surface area contributed by atoms with E-state index in [9.17, 15) is 5.11 Å². The monoisotopic (exact) mass is 305 g/mol. The van der Waals surface area contributed by atoms with Crippen LogP contribution in [0.2, 0.25) is 0 Å². The molecule has 2 rings (SSSR count). The summed E-state index contributed by atoms with van der Waals surface area (Å²) in [6.45, 7) is 2.01. The molecule has 0 aromatic heterocycles. The Hall–Kier alpha value is -1.16. The maximum atomic E-state index is 10.3. The first-order valence-corrected chi connectivity index (χ1v) is 6.63. The van der Waals surface area contributed by atoms with Crippen LogP contribution in [0.3, 0.4) is 0 Å². The van der Waals surface area contributed by atoms with Gasteiger partial charge in [-0.3, -0.25) is 0 Å². The smallest absolute Gasteiger partial charge is 0.0982 e. The molecule has 2 aromatic rings. The van der Waals surface area contributed by atoms with Crippen molar-refractivity contribution in [2.24, 2.45) is 5.73 Å². The quantitative estimate of drug-likeness (QED) is 0.912. The van der Waals surface area contributed by atoms with E-state index >= 15 is 0 Å². The molecule has 0 bridgehead atoms. The Morgan fingerprint density at radius 3 is 2.33 bits per heavy atom. The molecule has 2 aromatic carbocycles. The van der Waals surface area contributed by atoms with Gasteiger partial charge in [0.1, 0.15) is 0 Å². The second-order valence-corrected chi connectivity index (χ2v) is 5.24. The lowest BCUT2D eigenvalue weighted by molar-refractivity contribution is 0.147. The van der Waals surface area contributed by atoms with E-state index in [1.807, 2.05) is 55.5 Å². The Bertz CT molecular complexity index is 527. The third-order valence-electron chi connectivity index (χ3n) is 3.06. The minimum absolute atomic E-state index is 0.416. The predicted octanol–water partition coefficient (Wildman–Crippen LogP) is 3.49. The lowest BCUT2D eigenvalue weighted by Gasteiger charge is -2.20. The molecule has 0 fully saturated rings. The van der Waals surface area contributed by atoms with Crippen molar-refractivity contribution in [3.8, 4) is 0 Å². The van der Waals surface area contributed by atoms with Crippen LogP contribution in [0.15, 0.2) is 53.0 Å². The van der Waals surface area contributed by atoms with E-state index < -0.39 is 12.1 Å². The molecule has 0 aliphatic heterocycles. The zero-order valence-electron chi connectivity index (χ0n) is 10.2. The summed E-state index contributed by atoms with van der Waals surface area (Å²) in [7, 11) is 0. The lowest BCUT2D eigenvalue weighted by Crippen LogP contribution is -2.19. The Morgan fingerprint density at radius 2 is 1.72 bits per heavy atom. The van der Waals surface area contributed by atoms with Crippen molar-refractivity contribution < 1.29 is 5.11 Å². The number of benzene rings is 2. The van der Waals surface area contributed by atoms with Crippen LogP contribution in [0, 0.1) is 6.92 Å². The number of nitrogens with two attached hydrogens (primary N) is 1. The maximum absolute atomic E-state index is 10.3. The summed E-state index contributed by atoms with van der Waals surface area (Å²) in [6, 6.07) is 15.0. The summed E-state index contributed by atoms with van der Waals surface area (Å²) in [4.78, 5) is 0. The summed E-state index contributed by atoms with van der Waals surface area (Å²) in [6.07, 6.45) is -0.704. The molecule has 0 radical (unpaired) electrons. The predicted molar refractivity (Wildman–Crippen MR) is 77.2 cm³/mol. The average molecular weight is 306 g/mol. The number of hydrogen-bond donors (Lipinski definition) is 2. The molecular weight excluding hydrogens is 290 g/mol. The van der Waals surface area contributed by atoms with E-state index in [2.05, 4.69) is 15.9 Å². The molecule has 0 aliphatic carbocycles. The summed E-state index contributed by atoms with van der Waals surface area (Å²) < 4.78 is 0.985. The second kappa shape index (κ2) is 5.65. The van der Waals surface area contributed by atoms with E-state index in [1.54, 1.807) is 0 Å². The molecule has 94 valence electrons. The van der Waals surface area contributed by atoms with Crippen molar-refractivity contribution >= 4 is 15.9 Å². The van der Waals surface area contributed by atoms with E-state index in [0.29, 0.717) is 0 Å². The number of aliphatic hydroxyl groups excluding tert-OH is 1. The third-order valence-corrected chi connectivity index (χ3v) is 3.92. The third kappa shape index (κ3) is 2.80. The first kappa shape index (κ1) is 13.3. The number of halogens is 1. The number of aliphatic hydroxyl groups is 1. The lowest BCUT2D eigenvalue weighted by atomic mass is 9.96. The van der Waals surface area contributed by atoms with Crippen LogP contribution in [0.25, 0.3) is 0 Å². The highest BCUT2D eigenvalue weighted by molar-refractivity contribution is 9.10. The minimum Gasteiger partial charge on any atom is -0.386 e. The van der Waals surface area contributed by atoms with Gasteiger partial charge in [-0.2, -0.15) is 0 Å². The van der Waals surface area contributed by atoms with Crippen molar-refractivity contribution in [2.45, 2.75) is 19.1 Å². The molecule has 0 heterocycles. The molecule has 0 saturated carbocycles. The zero-order valence-corrected chi connectivity index (χ0v) is 11.8. The highest BCUT2D eigenvalue weighted by Gasteiger charge is 2.18. The van der Waals surface area contributed by atoms with E-state index in [0.717, 1.165) is 21.2 Å². The standard InChI is InChI=1S/C15H16BrNO/c1-10-7-8-12(9-13(10)16)15(18)14(17)11-5-3-2-4-6-11/h2-9,14-15,18H,17H2,1H3. The Morgan fingerprint density at radius 1 is 1.06 bits per heavy atom. The van der Waals surface area contributed by atoms with E-state index in [1.165, 1.54) is 0 Å². The van der Waals surface area contributed by atoms with Gasteiger partial charge in [-0.15, -0.1) is 0 Å². The first-order chi connectivity index (χ1) is 8.59. The molecule has 3 heteroatoms. The van der Waals surface area contributed by atoms with Gasteiger partial charge in [0.15, 0.2) is 0 Å². The van der Waals surface area contributed by atoms with Gasteiger partial charge in [0, 0.05) is 4.47 Å². The highest BCUT2D eigenvalue weighted by Crippen LogP contribution is 2.29. The van der Waals surface area contributed by atoms with Gasteiger partial charge < -0.3 is 10.8 Å². The van der Waals surface area contributed by atoms with E-state index in [-0.39, 0.29) is 0 Å². The van der Waals surface area contributed by atoms with Gasteiger partial charge in [-0.1, -0.05) is 58.4 Å². The van der Waals surface area contributed by atoms with Gasteiger partial charge in [-0.05, 0) is 29.7 Å². The molecule has 0 amide bonds. The number of hydrogen-bond acceptors (Lipinski definition) is 2. The van der Waals surface area contributed by atoms with Gasteiger partial charge >= 0.3 is 0 Å². The maximum Gasteiger partial charge on any atom is 0.0982 e. The summed E-state index contributed by atoms with van der Waals surface area (Å²) >= 11 is 3.47. The Kier molecular flexibility index (Phi) is 4.17. The first-order valence-electron chi connectivity index (χ1n) is 5.84. The fraction of sp³-hybridized carbons (Fsp3) is 0.200. The molecule has 0 aliphatic rings. The Balaban J connectivity index is 2.25. The number of aryl methyl sites for hydroxylation is 1. The average Bonchev–Trinajstić information content (AvgIpc) is 2.41. The van der Waals surface area contributed by atoms with Crippen molar-refractivity contribution in [1.29, 1.82) is 0 Å². The molecule has 0 saturated heterocycles. The molecule has 0 spiro atoms. The van der Waals surface area contributed by atoms with Crippen LogP contribution < -0.4 is 5.73 Å². The molecule has 3 N–H and O–H groups in total. The van der Waals surface area contributed by atoms with Crippen LogP contribution in [0.4, 0.5) is 0 Å². The van der Waals surface area contributed by atoms with Gasteiger partial charge in [0.25, 0.3) is 0 Å². The van der Waals surface area contributed by atoms with E-state index in [4.69, 9.17) is 5.73 Å². The fourth-order valence-electron chi connectivity index (χ4n) is 1.86. The summed E-state index contributed by atoms with van der Waals surface area (Å²) in [5.74, 6) is 0. The summed E-state index contributed by atoms with van der Waals surface area (Å²) in [5.41, 5.74) is 8.99. The van der Waals surface area contributed by atoms with Crippen molar-refractivity contribution in [2.75, 3.05) is 0 Å². The minimum atomic E-state index is -0.704. The SMILES string of the molecule is Cc1ccc(C(O)C(N)c2ccccc2)cc1Br. The zero-order chi connectivity index (χ0) is 13.1. The van der Waals surface area contributed by atoms with Gasteiger partial charge in [-0.25, -0.2) is 0 Å². The van der Waals surface area contributed by atoms with Crippen molar-refractivity contribution in [3.05, 3.63) is 69.7 Å². The topological polar surface area (TPSA) is 46.2 Å². The number of rotatable bonds is 3. The van der Waals surface area contributed by atoms with Crippen LogP contribution in [-0.2, 0) is 0 Å². The van der Waals surface area contributed by atoms with Crippen LogP contribution >= 0.6 is 15.9 Å². The molecule has 18 heavy (non-hydrogen) atoms.